The molecular formula is C26H24FN3O3S. The first kappa shape index (κ1) is 23.5. The summed E-state index contributed by atoms with van der Waals surface area (Å²) in [5.41, 5.74) is 2.14. The molecule has 34 heavy (non-hydrogen) atoms. The van der Waals surface area contributed by atoms with Gasteiger partial charge in [-0.05, 0) is 54.4 Å². The Morgan fingerprint density at radius 1 is 1.09 bits per heavy atom. The molecule has 0 aliphatic heterocycles. The number of rotatable bonds is 8. The molecule has 8 heteroatoms. The summed E-state index contributed by atoms with van der Waals surface area (Å²) in [4.78, 5) is 30.6. The summed E-state index contributed by atoms with van der Waals surface area (Å²) in [7, 11) is 1.60. The molecule has 1 N–H and O–H groups in total. The van der Waals surface area contributed by atoms with Crippen LogP contribution in [0.15, 0.2) is 82.7 Å². The van der Waals surface area contributed by atoms with Gasteiger partial charge < -0.3 is 10.1 Å². The maximum atomic E-state index is 13.3. The van der Waals surface area contributed by atoms with Crippen LogP contribution in [-0.4, -0.2) is 28.3 Å². The Balaban J connectivity index is 1.55. The Bertz CT molecular complexity index is 1350. The normalized spacial score (nSPS) is 11.9. The van der Waals surface area contributed by atoms with Crippen molar-refractivity contribution in [2.75, 3.05) is 12.9 Å². The Morgan fingerprint density at radius 3 is 2.50 bits per heavy atom. The van der Waals surface area contributed by atoms with Gasteiger partial charge in [0.2, 0.25) is 5.91 Å². The Kier molecular flexibility index (Phi) is 7.27. The fourth-order valence-electron chi connectivity index (χ4n) is 3.56. The van der Waals surface area contributed by atoms with E-state index in [2.05, 4.69) is 10.3 Å². The smallest absolute Gasteiger partial charge is 0.262 e. The largest absolute Gasteiger partial charge is 0.497 e. The molecule has 0 spiro atoms. The lowest BCUT2D eigenvalue weighted by atomic mass is 10.1. The van der Waals surface area contributed by atoms with Crippen LogP contribution in [0.25, 0.3) is 10.9 Å². The second kappa shape index (κ2) is 10.5. The van der Waals surface area contributed by atoms with Crippen LogP contribution in [0.5, 0.6) is 5.75 Å². The van der Waals surface area contributed by atoms with Gasteiger partial charge in [0.15, 0.2) is 5.16 Å². The number of methoxy groups -OCH3 is 1. The molecule has 3 aromatic carbocycles. The van der Waals surface area contributed by atoms with Crippen molar-refractivity contribution in [2.45, 2.75) is 24.7 Å². The van der Waals surface area contributed by atoms with Crippen molar-refractivity contribution >= 4 is 28.6 Å². The second-order valence-electron chi connectivity index (χ2n) is 7.78. The van der Waals surface area contributed by atoms with E-state index in [1.807, 2.05) is 37.3 Å². The zero-order chi connectivity index (χ0) is 24.1. The average Bonchev–Trinajstić information content (AvgIpc) is 2.85. The Labute approximate surface area is 200 Å². The van der Waals surface area contributed by atoms with Crippen molar-refractivity contribution in [3.63, 3.8) is 0 Å². The third-order valence-corrected chi connectivity index (χ3v) is 6.38. The maximum Gasteiger partial charge on any atom is 0.262 e. The van der Waals surface area contributed by atoms with Crippen LogP contribution in [0, 0.1) is 5.82 Å². The molecule has 0 radical (unpaired) electrons. The van der Waals surface area contributed by atoms with Crippen molar-refractivity contribution in [1.29, 1.82) is 0 Å². The molecule has 0 saturated carbocycles. The number of hydrogen-bond acceptors (Lipinski definition) is 5. The molecule has 1 aromatic heterocycles. The van der Waals surface area contributed by atoms with Gasteiger partial charge in [0.05, 0.1) is 36.4 Å². The molecule has 6 nitrogen and oxygen atoms in total. The number of benzene rings is 3. The number of amides is 1. The van der Waals surface area contributed by atoms with Crippen LogP contribution in [0.2, 0.25) is 0 Å². The van der Waals surface area contributed by atoms with Crippen molar-refractivity contribution < 1.29 is 13.9 Å². The SMILES string of the molecule is COc1ccc(Cn2c(SCC(=O)NC(C)c3ccc(F)cc3)nc3ccccc3c2=O)cc1. The third kappa shape index (κ3) is 5.46. The first-order chi connectivity index (χ1) is 16.4. The number of aromatic nitrogens is 2. The van der Waals surface area contributed by atoms with Gasteiger partial charge in [-0.2, -0.15) is 0 Å². The van der Waals surface area contributed by atoms with E-state index in [0.29, 0.717) is 22.6 Å². The summed E-state index contributed by atoms with van der Waals surface area (Å²) >= 11 is 1.21. The summed E-state index contributed by atoms with van der Waals surface area (Å²) < 4.78 is 20.0. The van der Waals surface area contributed by atoms with E-state index >= 15 is 0 Å². The van der Waals surface area contributed by atoms with Gasteiger partial charge in [0, 0.05) is 0 Å². The number of nitrogens with one attached hydrogen (secondary N) is 1. The third-order valence-electron chi connectivity index (χ3n) is 5.41. The highest BCUT2D eigenvalue weighted by molar-refractivity contribution is 7.99. The second-order valence-corrected chi connectivity index (χ2v) is 8.72. The predicted octanol–water partition coefficient (Wildman–Crippen LogP) is 4.56. The highest BCUT2D eigenvalue weighted by Crippen LogP contribution is 2.21. The minimum Gasteiger partial charge on any atom is -0.497 e. The quantitative estimate of drug-likeness (QED) is 0.298. The fraction of sp³-hybridized carbons (Fsp3) is 0.192. The summed E-state index contributed by atoms with van der Waals surface area (Å²) in [6.45, 7) is 2.15. The predicted molar refractivity (Wildman–Crippen MR) is 132 cm³/mol. The van der Waals surface area contributed by atoms with Gasteiger partial charge in [-0.1, -0.05) is 48.2 Å². The van der Waals surface area contributed by atoms with Crippen LogP contribution < -0.4 is 15.6 Å². The van der Waals surface area contributed by atoms with E-state index in [-0.39, 0.29) is 29.1 Å². The van der Waals surface area contributed by atoms with Crippen molar-refractivity contribution in [3.8, 4) is 5.75 Å². The van der Waals surface area contributed by atoms with E-state index in [1.165, 1.54) is 23.9 Å². The summed E-state index contributed by atoms with van der Waals surface area (Å²) in [6, 6.07) is 20.4. The highest BCUT2D eigenvalue weighted by Gasteiger charge is 2.15. The zero-order valence-corrected chi connectivity index (χ0v) is 19.6. The molecular weight excluding hydrogens is 453 g/mol. The van der Waals surface area contributed by atoms with Crippen molar-refractivity contribution in [1.82, 2.24) is 14.9 Å². The molecule has 0 aliphatic rings. The van der Waals surface area contributed by atoms with Gasteiger partial charge in [-0.25, -0.2) is 9.37 Å². The monoisotopic (exact) mass is 477 g/mol. The van der Waals surface area contributed by atoms with Crippen molar-refractivity contribution in [3.05, 3.63) is 100 Å². The number of thioether (sulfide) groups is 1. The summed E-state index contributed by atoms with van der Waals surface area (Å²) in [5, 5.41) is 3.89. The molecule has 0 bridgehead atoms. The van der Waals surface area contributed by atoms with E-state index < -0.39 is 0 Å². The van der Waals surface area contributed by atoms with Gasteiger partial charge in [-0.15, -0.1) is 0 Å². The van der Waals surface area contributed by atoms with Crippen LogP contribution in [0.4, 0.5) is 4.39 Å². The molecule has 1 unspecified atom stereocenters. The number of hydrogen-bond donors (Lipinski definition) is 1. The molecule has 1 atom stereocenters. The standard InChI is InChI=1S/C26H24FN3O3S/c1-17(19-9-11-20(27)12-10-19)28-24(31)16-34-26-29-23-6-4-3-5-22(23)25(32)30(26)15-18-7-13-21(33-2)14-8-18/h3-14,17H,15-16H2,1-2H3,(H,28,31). The van der Waals surface area contributed by atoms with Crippen LogP contribution in [0.1, 0.15) is 24.1 Å². The molecule has 0 aliphatic carbocycles. The highest BCUT2D eigenvalue weighted by atomic mass is 32.2. The van der Waals surface area contributed by atoms with Crippen LogP contribution in [0.3, 0.4) is 0 Å². The number of halogens is 1. The lowest BCUT2D eigenvalue weighted by molar-refractivity contribution is -0.119. The van der Waals surface area contributed by atoms with Gasteiger partial charge in [0.25, 0.3) is 5.56 Å². The number of carbonyl (C=O) groups is 1. The Hall–Kier alpha value is -3.65. The topological polar surface area (TPSA) is 73.2 Å². The molecule has 4 rings (SSSR count). The van der Waals surface area contributed by atoms with Gasteiger partial charge in [0.1, 0.15) is 11.6 Å². The van der Waals surface area contributed by atoms with Gasteiger partial charge in [-0.3, -0.25) is 14.2 Å². The van der Waals surface area contributed by atoms with Gasteiger partial charge >= 0.3 is 0 Å². The molecule has 4 aromatic rings. The zero-order valence-electron chi connectivity index (χ0n) is 18.8. The van der Waals surface area contributed by atoms with E-state index in [1.54, 1.807) is 42.0 Å². The Morgan fingerprint density at radius 2 is 1.79 bits per heavy atom. The minimum absolute atomic E-state index is 0.0823. The van der Waals surface area contributed by atoms with E-state index in [9.17, 15) is 14.0 Å². The van der Waals surface area contributed by atoms with Crippen LogP contribution in [-0.2, 0) is 11.3 Å². The summed E-state index contributed by atoms with van der Waals surface area (Å²) in [5.74, 6) is 0.281. The number of ether oxygens (including phenoxy) is 1. The number of nitrogens with zero attached hydrogens (tertiary/aromatic N) is 2. The fourth-order valence-corrected chi connectivity index (χ4v) is 4.37. The van der Waals surface area contributed by atoms with E-state index in [0.717, 1.165) is 16.9 Å². The maximum absolute atomic E-state index is 13.3. The first-order valence-electron chi connectivity index (χ1n) is 10.7. The van der Waals surface area contributed by atoms with E-state index in [4.69, 9.17) is 4.74 Å². The average molecular weight is 478 g/mol. The van der Waals surface area contributed by atoms with Crippen LogP contribution >= 0.6 is 11.8 Å². The number of carbonyl (C=O) groups excluding carboxylic acids is 1. The summed E-state index contributed by atoms with van der Waals surface area (Å²) in [6.07, 6.45) is 0. The number of fused-ring (bicyclic) bond motifs is 1. The molecule has 1 amide bonds. The first-order valence-corrected chi connectivity index (χ1v) is 11.7. The molecule has 1 heterocycles. The van der Waals surface area contributed by atoms with Crippen molar-refractivity contribution in [2.24, 2.45) is 0 Å². The molecule has 0 fully saturated rings. The number of para-hydroxylation sites is 1. The lowest BCUT2D eigenvalue weighted by Gasteiger charge is -2.16. The minimum atomic E-state index is -0.324. The molecule has 174 valence electrons. The molecule has 0 saturated heterocycles. The lowest BCUT2D eigenvalue weighted by Crippen LogP contribution is -2.29.